The fourth-order valence-electron chi connectivity index (χ4n) is 1.95. The van der Waals surface area contributed by atoms with Gasteiger partial charge in [0.2, 0.25) is 0 Å². The summed E-state index contributed by atoms with van der Waals surface area (Å²) in [7, 11) is 2.86. The number of halogens is 1. The summed E-state index contributed by atoms with van der Waals surface area (Å²) in [5.74, 6) is 0.211. The van der Waals surface area contributed by atoms with Crippen molar-refractivity contribution >= 4 is 28.8 Å². The summed E-state index contributed by atoms with van der Waals surface area (Å²) in [6.45, 7) is 1.87. The van der Waals surface area contributed by atoms with E-state index in [1.54, 1.807) is 6.07 Å². The van der Waals surface area contributed by atoms with E-state index in [9.17, 15) is 14.9 Å². The van der Waals surface area contributed by atoms with Crippen molar-refractivity contribution in [2.24, 2.45) is 14.1 Å². The van der Waals surface area contributed by atoms with Crippen LogP contribution in [0.3, 0.4) is 0 Å². The minimum atomic E-state index is -0.612. The van der Waals surface area contributed by atoms with Crippen LogP contribution in [0.25, 0.3) is 0 Å². The van der Waals surface area contributed by atoms with Crippen molar-refractivity contribution < 1.29 is 0 Å². The lowest BCUT2D eigenvalue weighted by Crippen LogP contribution is -2.40. The minimum Gasteiger partial charge on any atom is -0.363 e. The smallest absolute Gasteiger partial charge is 0.332 e. The molecule has 0 radical (unpaired) electrons. The first-order valence-electron chi connectivity index (χ1n) is 6.08. The fourth-order valence-corrected chi connectivity index (χ4v) is 3.01. The van der Waals surface area contributed by atoms with Crippen molar-refractivity contribution in [1.29, 1.82) is 5.26 Å². The van der Waals surface area contributed by atoms with Crippen LogP contribution < -0.4 is 16.6 Å². The van der Waals surface area contributed by atoms with Gasteiger partial charge in [-0.15, -0.1) is 11.3 Å². The Bertz CT molecular complexity index is 843. The van der Waals surface area contributed by atoms with Gasteiger partial charge in [0.25, 0.3) is 5.56 Å². The van der Waals surface area contributed by atoms with Gasteiger partial charge in [0.15, 0.2) is 5.56 Å². The quantitative estimate of drug-likeness (QED) is 0.934. The fraction of sp³-hybridized carbons (Fsp3) is 0.308. The van der Waals surface area contributed by atoms with Gasteiger partial charge in [-0.2, -0.15) is 5.26 Å². The SMILES string of the molecule is C[C@H](Nc1c(C#N)c(=O)n(C)c(=O)n1C)c1ccc(Cl)s1. The molecule has 2 heterocycles. The van der Waals surface area contributed by atoms with E-state index < -0.39 is 11.2 Å². The summed E-state index contributed by atoms with van der Waals surface area (Å²) in [4.78, 5) is 24.9. The molecule has 110 valence electrons. The molecular weight excluding hydrogens is 312 g/mol. The number of thiophene rings is 1. The highest BCUT2D eigenvalue weighted by Gasteiger charge is 2.18. The van der Waals surface area contributed by atoms with Crippen LogP contribution in [0, 0.1) is 11.3 Å². The zero-order valence-corrected chi connectivity index (χ0v) is 13.2. The van der Waals surface area contributed by atoms with Crippen LogP contribution >= 0.6 is 22.9 Å². The lowest BCUT2D eigenvalue weighted by Gasteiger charge is -2.18. The van der Waals surface area contributed by atoms with Gasteiger partial charge in [-0.25, -0.2) is 4.79 Å². The number of nitrogens with one attached hydrogen (secondary N) is 1. The number of hydrogen-bond acceptors (Lipinski definition) is 5. The predicted octanol–water partition coefficient (Wildman–Crippen LogP) is 1.84. The number of aromatic nitrogens is 2. The van der Waals surface area contributed by atoms with Gasteiger partial charge >= 0.3 is 5.69 Å². The maximum Gasteiger partial charge on any atom is 0.332 e. The third kappa shape index (κ3) is 2.73. The predicted molar refractivity (Wildman–Crippen MR) is 83.0 cm³/mol. The van der Waals surface area contributed by atoms with Crippen molar-refractivity contribution in [3.8, 4) is 6.07 Å². The van der Waals surface area contributed by atoms with Crippen LogP contribution in [0.15, 0.2) is 21.7 Å². The first-order chi connectivity index (χ1) is 9.86. The van der Waals surface area contributed by atoms with E-state index in [1.807, 2.05) is 19.1 Å². The van der Waals surface area contributed by atoms with Gasteiger partial charge in [0.1, 0.15) is 11.9 Å². The highest BCUT2D eigenvalue weighted by atomic mass is 35.5. The third-order valence-corrected chi connectivity index (χ3v) is 4.56. The topological polar surface area (TPSA) is 79.8 Å². The third-order valence-electron chi connectivity index (χ3n) is 3.15. The molecule has 0 aliphatic carbocycles. The Hall–Kier alpha value is -2.04. The second-order valence-corrected chi connectivity index (χ2v) is 6.30. The number of anilines is 1. The molecule has 2 aromatic heterocycles. The van der Waals surface area contributed by atoms with E-state index in [0.29, 0.717) is 4.34 Å². The molecule has 6 nitrogen and oxygen atoms in total. The van der Waals surface area contributed by atoms with Crippen LogP contribution in [0.2, 0.25) is 4.34 Å². The van der Waals surface area contributed by atoms with Crippen molar-refractivity contribution in [3.63, 3.8) is 0 Å². The van der Waals surface area contributed by atoms with E-state index in [2.05, 4.69) is 5.32 Å². The van der Waals surface area contributed by atoms with E-state index >= 15 is 0 Å². The van der Waals surface area contributed by atoms with Gasteiger partial charge in [-0.1, -0.05) is 11.6 Å². The molecule has 21 heavy (non-hydrogen) atoms. The standard InChI is InChI=1S/C13H13ClN4O2S/c1-7(9-4-5-10(14)21-9)16-11-8(6-15)12(19)18(3)13(20)17(11)2/h4-5,7,16H,1-3H3/t7-/m0/s1. The highest BCUT2D eigenvalue weighted by molar-refractivity contribution is 7.16. The second kappa shape index (κ2) is 5.76. The van der Waals surface area contributed by atoms with Crippen molar-refractivity contribution in [2.75, 3.05) is 5.32 Å². The zero-order valence-electron chi connectivity index (χ0n) is 11.7. The van der Waals surface area contributed by atoms with Gasteiger partial charge in [0, 0.05) is 19.0 Å². The summed E-state index contributed by atoms with van der Waals surface area (Å²) in [5.41, 5.74) is -1.19. The molecule has 2 aromatic rings. The first-order valence-corrected chi connectivity index (χ1v) is 7.28. The van der Waals surface area contributed by atoms with Crippen molar-refractivity contribution in [2.45, 2.75) is 13.0 Å². The molecule has 0 bridgehead atoms. The molecule has 0 spiro atoms. The summed E-state index contributed by atoms with van der Waals surface area (Å²) in [6.07, 6.45) is 0. The Morgan fingerprint density at radius 1 is 1.33 bits per heavy atom. The maximum absolute atomic E-state index is 12.0. The molecule has 0 aliphatic rings. The molecule has 0 amide bonds. The average Bonchev–Trinajstić information content (AvgIpc) is 2.89. The van der Waals surface area contributed by atoms with Gasteiger partial charge in [-0.3, -0.25) is 13.9 Å². The monoisotopic (exact) mass is 324 g/mol. The first kappa shape index (κ1) is 15.4. The van der Waals surface area contributed by atoms with Crippen molar-refractivity contribution in [1.82, 2.24) is 9.13 Å². The Kier molecular flexibility index (Phi) is 4.21. The molecule has 8 heteroatoms. The van der Waals surface area contributed by atoms with Crippen molar-refractivity contribution in [3.05, 3.63) is 47.7 Å². The Morgan fingerprint density at radius 3 is 2.52 bits per heavy atom. The molecule has 0 unspecified atom stereocenters. The van der Waals surface area contributed by atoms with E-state index in [0.717, 1.165) is 9.44 Å². The highest BCUT2D eigenvalue weighted by Crippen LogP contribution is 2.28. The zero-order chi connectivity index (χ0) is 15.7. The largest absolute Gasteiger partial charge is 0.363 e. The Morgan fingerprint density at radius 2 is 2.00 bits per heavy atom. The molecule has 0 aromatic carbocycles. The van der Waals surface area contributed by atoms with E-state index in [-0.39, 0.29) is 17.4 Å². The molecule has 2 rings (SSSR count). The minimum absolute atomic E-state index is 0.0888. The number of hydrogen-bond donors (Lipinski definition) is 1. The lowest BCUT2D eigenvalue weighted by atomic mass is 10.2. The summed E-state index contributed by atoms with van der Waals surface area (Å²) in [6, 6.07) is 5.30. The Labute approximate surface area is 129 Å². The van der Waals surface area contributed by atoms with Crippen LogP contribution in [0.5, 0.6) is 0 Å². The summed E-state index contributed by atoms with van der Waals surface area (Å²) < 4.78 is 2.82. The second-order valence-electron chi connectivity index (χ2n) is 4.55. The molecule has 0 saturated heterocycles. The number of nitrogens with zero attached hydrogens (tertiary/aromatic N) is 3. The van der Waals surface area contributed by atoms with Gasteiger partial charge in [-0.05, 0) is 19.1 Å². The molecule has 0 saturated carbocycles. The van der Waals surface area contributed by atoms with Crippen LogP contribution in [0.4, 0.5) is 5.82 Å². The van der Waals surface area contributed by atoms with Gasteiger partial charge < -0.3 is 5.32 Å². The van der Waals surface area contributed by atoms with Crippen LogP contribution in [-0.4, -0.2) is 9.13 Å². The summed E-state index contributed by atoms with van der Waals surface area (Å²) >= 11 is 7.29. The number of rotatable bonds is 3. The lowest BCUT2D eigenvalue weighted by molar-refractivity contribution is 0.679. The molecule has 0 fully saturated rings. The van der Waals surface area contributed by atoms with Crippen LogP contribution in [-0.2, 0) is 14.1 Å². The molecule has 0 aliphatic heterocycles. The maximum atomic E-state index is 12.0. The van der Waals surface area contributed by atoms with Crippen LogP contribution in [0.1, 0.15) is 23.4 Å². The molecule has 1 N–H and O–H groups in total. The Balaban J connectivity index is 2.52. The normalized spacial score (nSPS) is 12.0. The van der Waals surface area contributed by atoms with E-state index in [1.165, 1.54) is 30.0 Å². The number of nitriles is 1. The van der Waals surface area contributed by atoms with Gasteiger partial charge in [0.05, 0.1) is 10.4 Å². The molecular formula is C13H13ClN4O2S. The molecule has 1 atom stereocenters. The average molecular weight is 325 g/mol. The summed E-state index contributed by atoms with van der Waals surface area (Å²) in [5, 5.41) is 12.2. The van der Waals surface area contributed by atoms with E-state index in [4.69, 9.17) is 11.6 Å².